The highest BCUT2D eigenvalue weighted by Crippen LogP contribution is 2.32. The van der Waals surface area contributed by atoms with E-state index in [0.717, 1.165) is 42.6 Å². The predicted molar refractivity (Wildman–Crippen MR) is 79.1 cm³/mol. The Balaban J connectivity index is 1.59. The minimum absolute atomic E-state index is 0.145. The molecule has 2 aliphatic heterocycles. The summed E-state index contributed by atoms with van der Waals surface area (Å²) in [5.74, 6) is 0.0703. The van der Waals surface area contributed by atoms with E-state index in [9.17, 15) is 4.79 Å². The van der Waals surface area contributed by atoms with Crippen LogP contribution >= 0.6 is 15.9 Å². The van der Waals surface area contributed by atoms with E-state index in [1.807, 2.05) is 12.1 Å². The van der Waals surface area contributed by atoms with E-state index in [1.165, 1.54) is 5.56 Å². The van der Waals surface area contributed by atoms with Crippen molar-refractivity contribution in [2.45, 2.75) is 25.4 Å². The summed E-state index contributed by atoms with van der Waals surface area (Å²) in [6.45, 7) is 2.44. The number of carbonyl (C=O) groups is 1. The van der Waals surface area contributed by atoms with Crippen LogP contribution in [0.25, 0.3) is 0 Å². The van der Waals surface area contributed by atoms with Gasteiger partial charge < -0.3 is 9.84 Å². The second-order valence-corrected chi connectivity index (χ2v) is 6.55. The summed E-state index contributed by atoms with van der Waals surface area (Å²) in [4.78, 5) is 13.3. The SMILES string of the molecule is O=C(O)C1CCCN(CC2Cc3cc(Br)ccc3O2)C1. The number of halogens is 1. The first kappa shape index (κ1) is 13.9. The molecule has 1 fully saturated rings. The fourth-order valence-electron chi connectivity index (χ4n) is 3.10. The molecule has 2 unspecified atom stereocenters. The Morgan fingerprint density at radius 2 is 2.35 bits per heavy atom. The number of fused-ring (bicyclic) bond motifs is 1. The molecular formula is C15H18BrNO3. The van der Waals surface area contributed by atoms with Crippen LogP contribution in [0.15, 0.2) is 22.7 Å². The standard InChI is InChI=1S/C15H18BrNO3/c16-12-3-4-14-11(6-12)7-13(20-14)9-17-5-1-2-10(8-17)15(18)19/h3-4,6,10,13H,1-2,5,7-9H2,(H,18,19). The molecule has 4 nitrogen and oxygen atoms in total. The van der Waals surface area contributed by atoms with Crippen molar-refractivity contribution in [3.05, 3.63) is 28.2 Å². The highest BCUT2D eigenvalue weighted by Gasteiger charge is 2.30. The smallest absolute Gasteiger partial charge is 0.307 e. The van der Waals surface area contributed by atoms with Crippen LogP contribution in [-0.2, 0) is 11.2 Å². The van der Waals surface area contributed by atoms with Crippen molar-refractivity contribution >= 4 is 21.9 Å². The molecule has 108 valence electrons. The first-order valence-electron chi connectivity index (χ1n) is 7.02. The quantitative estimate of drug-likeness (QED) is 0.919. The fraction of sp³-hybridized carbons (Fsp3) is 0.533. The molecule has 1 aromatic rings. The Labute approximate surface area is 126 Å². The largest absolute Gasteiger partial charge is 0.488 e. The van der Waals surface area contributed by atoms with Crippen molar-refractivity contribution in [3.8, 4) is 5.75 Å². The average Bonchev–Trinajstić information content (AvgIpc) is 2.80. The first-order chi connectivity index (χ1) is 9.61. The summed E-state index contributed by atoms with van der Waals surface area (Å²) in [5.41, 5.74) is 1.23. The van der Waals surface area contributed by atoms with E-state index < -0.39 is 5.97 Å². The Morgan fingerprint density at radius 3 is 3.15 bits per heavy atom. The summed E-state index contributed by atoms with van der Waals surface area (Å²) in [5, 5.41) is 9.13. The van der Waals surface area contributed by atoms with Crippen LogP contribution < -0.4 is 4.74 Å². The van der Waals surface area contributed by atoms with Gasteiger partial charge in [0.2, 0.25) is 0 Å². The van der Waals surface area contributed by atoms with E-state index in [2.05, 4.69) is 26.9 Å². The van der Waals surface area contributed by atoms with Gasteiger partial charge in [-0.2, -0.15) is 0 Å². The van der Waals surface area contributed by atoms with Crippen molar-refractivity contribution in [2.75, 3.05) is 19.6 Å². The molecule has 0 aliphatic carbocycles. The normalized spacial score (nSPS) is 26.1. The van der Waals surface area contributed by atoms with Crippen molar-refractivity contribution in [3.63, 3.8) is 0 Å². The number of aliphatic carboxylic acids is 1. The minimum Gasteiger partial charge on any atom is -0.488 e. The van der Waals surface area contributed by atoms with Crippen LogP contribution in [0, 0.1) is 5.92 Å². The molecule has 1 saturated heterocycles. The van der Waals surface area contributed by atoms with Gasteiger partial charge >= 0.3 is 5.97 Å². The van der Waals surface area contributed by atoms with Crippen LogP contribution in [0.5, 0.6) is 5.75 Å². The predicted octanol–water partition coefficient (Wildman–Crippen LogP) is 2.55. The molecule has 0 amide bonds. The fourth-order valence-corrected chi connectivity index (χ4v) is 3.51. The van der Waals surface area contributed by atoms with Gasteiger partial charge in [0.25, 0.3) is 0 Å². The Kier molecular flexibility index (Phi) is 3.98. The summed E-state index contributed by atoms with van der Waals surface area (Å²) in [6, 6.07) is 6.09. The lowest BCUT2D eigenvalue weighted by atomic mass is 9.98. The van der Waals surface area contributed by atoms with E-state index in [-0.39, 0.29) is 12.0 Å². The van der Waals surface area contributed by atoms with Crippen LogP contribution in [0.3, 0.4) is 0 Å². The molecule has 3 rings (SSSR count). The molecule has 20 heavy (non-hydrogen) atoms. The van der Waals surface area contributed by atoms with Crippen LogP contribution in [-0.4, -0.2) is 41.7 Å². The molecule has 0 saturated carbocycles. The molecule has 2 heterocycles. The lowest BCUT2D eigenvalue weighted by Crippen LogP contribution is -2.43. The van der Waals surface area contributed by atoms with Gasteiger partial charge in [-0.15, -0.1) is 0 Å². The number of carboxylic acid groups (broad SMARTS) is 1. The van der Waals surface area contributed by atoms with Gasteiger partial charge in [0.1, 0.15) is 11.9 Å². The maximum Gasteiger partial charge on any atom is 0.307 e. The zero-order valence-electron chi connectivity index (χ0n) is 11.2. The van der Waals surface area contributed by atoms with Crippen LogP contribution in [0.2, 0.25) is 0 Å². The molecular weight excluding hydrogens is 322 g/mol. The first-order valence-corrected chi connectivity index (χ1v) is 7.81. The van der Waals surface area contributed by atoms with E-state index >= 15 is 0 Å². The lowest BCUT2D eigenvalue weighted by Gasteiger charge is -2.32. The van der Waals surface area contributed by atoms with E-state index in [4.69, 9.17) is 9.84 Å². The van der Waals surface area contributed by atoms with E-state index in [1.54, 1.807) is 0 Å². The van der Waals surface area contributed by atoms with Crippen molar-refractivity contribution < 1.29 is 14.6 Å². The van der Waals surface area contributed by atoms with Crippen LogP contribution in [0.1, 0.15) is 18.4 Å². The van der Waals surface area contributed by atoms with Gasteiger partial charge in [0, 0.05) is 24.0 Å². The second-order valence-electron chi connectivity index (χ2n) is 5.63. The molecule has 5 heteroatoms. The minimum atomic E-state index is -0.672. The number of nitrogens with zero attached hydrogens (tertiary/aromatic N) is 1. The third kappa shape index (κ3) is 2.99. The van der Waals surface area contributed by atoms with Crippen LogP contribution in [0.4, 0.5) is 0 Å². The number of likely N-dealkylation sites (tertiary alicyclic amines) is 1. The number of rotatable bonds is 3. The third-order valence-corrected chi connectivity index (χ3v) is 4.57. The maximum atomic E-state index is 11.1. The number of piperidine rings is 1. The van der Waals surface area contributed by atoms with Gasteiger partial charge in [-0.3, -0.25) is 9.69 Å². The number of hydrogen-bond donors (Lipinski definition) is 1. The molecule has 0 aromatic heterocycles. The summed E-state index contributed by atoms with van der Waals surface area (Å²) < 4.78 is 7.02. The number of ether oxygens (including phenoxy) is 1. The zero-order valence-corrected chi connectivity index (χ0v) is 12.8. The molecule has 2 atom stereocenters. The van der Waals surface area contributed by atoms with Crippen molar-refractivity contribution in [2.24, 2.45) is 5.92 Å². The number of carboxylic acids is 1. The Hall–Kier alpha value is -1.07. The summed E-state index contributed by atoms with van der Waals surface area (Å²) >= 11 is 3.48. The third-order valence-electron chi connectivity index (χ3n) is 4.08. The average molecular weight is 340 g/mol. The number of benzene rings is 1. The van der Waals surface area contributed by atoms with E-state index in [0.29, 0.717) is 6.54 Å². The summed E-state index contributed by atoms with van der Waals surface area (Å²) in [6.07, 6.45) is 2.81. The maximum absolute atomic E-state index is 11.1. The summed E-state index contributed by atoms with van der Waals surface area (Å²) in [7, 11) is 0. The van der Waals surface area contributed by atoms with Gasteiger partial charge in [0.15, 0.2) is 0 Å². The van der Waals surface area contributed by atoms with Crippen molar-refractivity contribution in [1.82, 2.24) is 4.90 Å². The zero-order chi connectivity index (χ0) is 14.1. The second kappa shape index (κ2) is 5.74. The molecule has 1 N–H and O–H groups in total. The van der Waals surface area contributed by atoms with Gasteiger partial charge in [-0.1, -0.05) is 15.9 Å². The molecule has 1 aromatic carbocycles. The van der Waals surface area contributed by atoms with Crippen molar-refractivity contribution in [1.29, 1.82) is 0 Å². The Morgan fingerprint density at radius 1 is 1.50 bits per heavy atom. The molecule has 0 spiro atoms. The number of hydrogen-bond acceptors (Lipinski definition) is 3. The molecule has 0 radical (unpaired) electrons. The monoisotopic (exact) mass is 339 g/mol. The lowest BCUT2D eigenvalue weighted by molar-refractivity contribution is -0.143. The highest BCUT2D eigenvalue weighted by molar-refractivity contribution is 9.10. The highest BCUT2D eigenvalue weighted by atomic mass is 79.9. The molecule has 0 bridgehead atoms. The van der Waals surface area contributed by atoms with Gasteiger partial charge in [-0.05, 0) is 43.1 Å². The van der Waals surface area contributed by atoms with Gasteiger partial charge in [-0.25, -0.2) is 0 Å². The van der Waals surface area contributed by atoms with Gasteiger partial charge in [0.05, 0.1) is 5.92 Å². The topological polar surface area (TPSA) is 49.8 Å². The Bertz CT molecular complexity index is 520. The molecule has 2 aliphatic rings.